The lowest BCUT2D eigenvalue weighted by molar-refractivity contribution is -0.138. The molecule has 1 amide bonds. The second kappa shape index (κ2) is 11.6. The van der Waals surface area contributed by atoms with E-state index in [0.717, 1.165) is 18.4 Å². The van der Waals surface area contributed by atoms with Gasteiger partial charge in [0.25, 0.3) is 0 Å². The molecule has 150 valence electrons. The van der Waals surface area contributed by atoms with Crippen molar-refractivity contribution >= 4 is 11.9 Å². The second-order valence-corrected chi connectivity index (χ2v) is 6.42. The van der Waals surface area contributed by atoms with E-state index in [1.807, 2.05) is 36.4 Å². The van der Waals surface area contributed by atoms with Gasteiger partial charge in [-0.15, -0.1) is 0 Å². The van der Waals surface area contributed by atoms with Crippen LogP contribution < -0.4 is 14.8 Å². The Labute approximate surface area is 165 Å². The Hall–Kier alpha value is -3.02. The first kappa shape index (κ1) is 21.3. The molecule has 6 heteroatoms. The molecular formula is C22H27NO5. The van der Waals surface area contributed by atoms with Crippen molar-refractivity contribution in [3.05, 3.63) is 59.7 Å². The number of hydrogen-bond acceptors (Lipinski definition) is 4. The van der Waals surface area contributed by atoms with E-state index in [4.69, 9.17) is 14.6 Å². The Morgan fingerprint density at radius 3 is 2.46 bits per heavy atom. The minimum absolute atomic E-state index is 0.00623. The molecule has 6 nitrogen and oxygen atoms in total. The van der Waals surface area contributed by atoms with E-state index >= 15 is 0 Å². The van der Waals surface area contributed by atoms with Crippen molar-refractivity contribution in [2.24, 2.45) is 0 Å². The van der Waals surface area contributed by atoms with Crippen LogP contribution in [0.15, 0.2) is 48.5 Å². The predicted molar refractivity (Wildman–Crippen MR) is 107 cm³/mol. The number of carbonyl (C=O) groups excluding carboxylic acids is 1. The number of carbonyl (C=O) groups is 2. The van der Waals surface area contributed by atoms with Gasteiger partial charge in [-0.05, 0) is 42.5 Å². The first-order valence-corrected chi connectivity index (χ1v) is 9.40. The number of carboxylic acid groups (broad SMARTS) is 1. The summed E-state index contributed by atoms with van der Waals surface area (Å²) in [5, 5.41) is 11.3. The third-order valence-corrected chi connectivity index (χ3v) is 4.24. The molecule has 0 fully saturated rings. The van der Waals surface area contributed by atoms with Crippen LogP contribution in [0, 0.1) is 0 Å². The van der Waals surface area contributed by atoms with Gasteiger partial charge in [-0.1, -0.05) is 36.4 Å². The summed E-state index contributed by atoms with van der Waals surface area (Å²) in [5.74, 6) is 0.131. The Bertz CT molecular complexity index is 761. The highest BCUT2D eigenvalue weighted by molar-refractivity contribution is 5.80. The molecule has 0 saturated heterocycles. The van der Waals surface area contributed by atoms with Crippen LogP contribution in [0.4, 0.5) is 0 Å². The van der Waals surface area contributed by atoms with Gasteiger partial charge in [0.1, 0.15) is 0 Å². The van der Waals surface area contributed by atoms with Crippen molar-refractivity contribution in [3.8, 4) is 11.5 Å². The van der Waals surface area contributed by atoms with Gasteiger partial charge in [-0.2, -0.15) is 0 Å². The normalized spacial score (nSPS) is 10.3. The van der Waals surface area contributed by atoms with Crippen LogP contribution in [0.2, 0.25) is 0 Å². The first-order chi connectivity index (χ1) is 13.6. The highest BCUT2D eigenvalue weighted by Crippen LogP contribution is 2.28. The van der Waals surface area contributed by atoms with Gasteiger partial charge in [0.2, 0.25) is 5.91 Å². The molecule has 0 aliphatic carbocycles. The molecule has 0 spiro atoms. The van der Waals surface area contributed by atoms with Crippen LogP contribution >= 0.6 is 0 Å². The molecule has 0 radical (unpaired) electrons. The van der Waals surface area contributed by atoms with E-state index in [2.05, 4.69) is 17.4 Å². The van der Waals surface area contributed by atoms with Gasteiger partial charge in [0.05, 0.1) is 20.1 Å². The third kappa shape index (κ3) is 7.70. The standard InChI is InChI=1S/C22H27NO5/c1-27-19-10-9-18(13-14-23-21(24)11-12-22(25)26)16-20(19)28-15-5-8-17-6-3-2-4-7-17/h2-4,6-7,9-10,16H,5,8,11-15H2,1H3,(H,23,24)(H,25,26). The predicted octanol–water partition coefficient (Wildman–Crippen LogP) is 3.23. The van der Waals surface area contributed by atoms with Crippen molar-refractivity contribution in [1.29, 1.82) is 0 Å². The summed E-state index contributed by atoms with van der Waals surface area (Å²) in [4.78, 5) is 22.1. The Balaban J connectivity index is 1.79. The second-order valence-electron chi connectivity index (χ2n) is 6.42. The summed E-state index contributed by atoms with van der Waals surface area (Å²) in [6, 6.07) is 16.0. The molecular weight excluding hydrogens is 358 g/mol. The van der Waals surface area contributed by atoms with Gasteiger partial charge in [-0.25, -0.2) is 0 Å². The lowest BCUT2D eigenvalue weighted by Gasteiger charge is -2.13. The number of methoxy groups -OCH3 is 1. The Kier molecular flexibility index (Phi) is 8.85. The van der Waals surface area contributed by atoms with Gasteiger partial charge < -0.3 is 19.9 Å². The monoisotopic (exact) mass is 385 g/mol. The highest BCUT2D eigenvalue weighted by Gasteiger charge is 2.08. The number of nitrogens with one attached hydrogen (secondary N) is 1. The van der Waals surface area contributed by atoms with Crippen LogP contribution in [0.25, 0.3) is 0 Å². The SMILES string of the molecule is COc1ccc(CCNC(=O)CCC(=O)O)cc1OCCCc1ccccc1. The van der Waals surface area contributed by atoms with Crippen molar-refractivity contribution in [2.75, 3.05) is 20.3 Å². The molecule has 0 saturated carbocycles. The minimum atomic E-state index is -0.973. The maximum Gasteiger partial charge on any atom is 0.303 e. The van der Waals surface area contributed by atoms with E-state index in [9.17, 15) is 9.59 Å². The summed E-state index contributed by atoms with van der Waals surface area (Å²) in [5.41, 5.74) is 2.29. The lowest BCUT2D eigenvalue weighted by atomic mass is 10.1. The number of amides is 1. The lowest BCUT2D eigenvalue weighted by Crippen LogP contribution is -2.26. The zero-order valence-electron chi connectivity index (χ0n) is 16.1. The molecule has 28 heavy (non-hydrogen) atoms. The van der Waals surface area contributed by atoms with Crippen LogP contribution in [0.1, 0.15) is 30.4 Å². The fourth-order valence-corrected chi connectivity index (χ4v) is 2.75. The molecule has 0 aliphatic rings. The van der Waals surface area contributed by atoms with E-state index in [-0.39, 0.29) is 18.7 Å². The van der Waals surface area contributed by atoms with E-state index in [1.165, 1.54) is 5.56 Å². The number of aryl methyl sites for hydroxylation is 1. The maximum atomic E-state index is 11.6. The Morgan fingerprint density at radius 1 is 0.964 bits per heavy atom. The summed E-state index contributed by atoms with van der Waals surface area (Å²) >= 11 is 0. The first-order valence-electron chi connectivity index (χ1n) is 9.40. The van der Waals surface area contributed by atoms with E-state index in [0.29, 0.717) is 31.1 Å². The number of benzene rings is 2. The summed E-state index contributed by atoms with van der Waals surface area (Å²) in [6.07, 6.45) is 2.31. The van der Waals surface area contributed by atoms with E-state index < -0.39 is 5.97 Å². The zero-order valence-corrected chi connectivity index (χ0v) is 16.1. The summed E-state index contributed by atoms with van der Waals surface area (Å²) in [6.45, 7) is 1.03. The van der Waals surface area contributed by atoms with Crippen molar-refractivity contribution in [2.45, 2.75) is 32.1 Å². The molecule has 2 rings (SSSR count). The number of aliphatic carboxylic acids is 1. The Morgan fingerprint density at radius 2 is 1.75 bits per heavy atom. The zero-order chi connectivity index (χ0) is 20.2. The molecule has 0 aliphatic heterocycles. The fourth-order valence-electron chi connectivity index (χ4n) is 2.75. The van der Waals surface area contributed by atoms with Crippen LogP contribution in [-0.2, 0) is 22.4 Å². The van der Waals surface area contributed by atoms with Crippen molar-refractivity contribution in [1.82, 2.24) is 5.32 Å². The van der Waals surface area contributed by atoms with Gasteiger partial charge in [0, 0.05) is 13.0 Å². The molecule has 0 aromatic heterocycles. The fraction of sp³-hybridized carbons (Fsp3) is 0.364. The van der Waals surface area contributed by atoms with Gasteiger partial charge in [0.15, 0.2) is 11.5 Å². The van der Waals surface area contributed by atoms with Crippen LogP contribution in [0.3, 0.4) is 0 Å². The highest BCUT2D eigenvalue weighted by atomic mass is 16.5. The van der Waals surface area contributed by atoms with Gasteiger partial charge >= 0.3 is 5.97 Å². The maximum absolute atomic E-state index is 11.6. The molecule has 0 atom stereocenters. The minimum Gasteiger partial charge on any atom is -0.493 e. The molecule has 2 aromatic carbocycles. The number of hydrogen-bond donors (Lipinski definition) is 2. The van der Waals surface area contributed by atoms with Crippen molar-refractivity contribution < 1.29 is 24.2 Å². The third-order valence-electron chi connectivity index (χ3n) is 4.24. The van der Waals surface area contributed by atoms with Crippen LogP contribution in [0.5, 0.6) is 11.5 Å². The van der Waals surface area contributed by atoms with Crippen molar-refractivity contribution in [3.63, 3.8) is 0 Å². The number of carboxylic acids is 1. The average molecular weight is 385 g/mol. The quantitative estimate of drug-likeness (QED) is 0.548. The summed E-state index contributed by atoms with van der Waals surface area (Å²) < 4.78 is 11.3. The van der Waals surface area contributed by atoms with Gasteiger partial charge in [-0.3, -0.25) is 9.59 Å². The molecule has 0 unspecified atom stereocenters. The molecule has 2 N–H and O–H groups in total. The smallest absolute Gasteiger partial charge is 0.303 e. The number of ether oxygens (including phenoxy) is 2. The molecule has 2 aromatic rings. The summed E-state index contributed by atoms with van der Waals surface area (Å²) in [7, 11) is 1.61. The van der Waals surface area contributed by atoms with E-state index in [1.54, 1.807) is 7.11 Å². The molecule has 0 heterocycles. The average Bonchev–Trinajstić information content (AvgIpc) is 2.70. The van der Waals surface area contributed by atoms with Crippen LogP contribution in [-0.4, -0.2) is 37.2 Å². The largest absolute Gasteiger partial charge is 0.493 e. The molecule has 0 bridgehead atoms. The topological polar surface area (TPSA) is 84.9 Å². The number of rotatable bonds is 12.